The van der Waals surface area contributed by atoms with Gasteiger partial charge in [0.25, 0.3) is 0 Å². The highest BCUT2D eigenvalue weighted by Gasteiger charge is 2.32. The van der Waals surface area contributed by atoms with Gasteiger partial charge in [0.1, 0.15) is 6.61 Å². The van der Waals surface area contributed by atoms with Gasteiger partial charge in [-0.2, -0.15) is 0 Å². The summed E-state index contributed by atoms with van der Waals surface area (Å²) in [7, 11) is 0. The van der Waals surface area contributed by atoms with Crippen LogP contribution in [0.5, 0.6) is 0 Å². The molecule has 1 aromatic rings. The summed E-state index contributed by atoms with van der Waals surface area (Å²) < 4.78 is 5.42. The number of hydrogen-bond donors (Lipinski definition) is 1. The Morgan fingerprint density at radius 1 is 1.31 bits per heavy atom. The average molecular weight is 361 g/mol. The van der Waals surface area contributed by atoms with Crippen LogP contribution >= 0.6 is 0 Å². The first-order valence-corrected chi connectivity index (χ1v) is 9.42. The van der Waals surface area contributed by atoms with Crippen molar-refractivity contribution in [3.8, 4) is 0 Å². The monoisotopic (exact) mass is 361 g/mol. The molecular weight excluding hydrogens is 330 g/mol. The maximum Gasteiger partial charge on any atom is 0.410 e. The van der Waals surface area contributed by atoms with Crippen molar-refractivity contribution in [3.63, 3.8) is 0 Å². The summed E-state index contributed by atoms with van der Waals surface area (Å²) in [5.41, 5.74) is 6.95. The molecule has 6 nitrogen and oxygen atoms in total. The van der Waals surface area contributed by atoms with E-state index in [2.05, 4.69) is 0 Å². The molecule has 1 fully saturated rings. The van der Waals surface area contributed by atoms with E-state index in [1.807, 2.05) is 56.0 Å². The Hall–Kier alpha value is -2.08. The fraction of sp³-hybridized carbons (Fsp3) is 0.600. The van der Waals surface area contributed by atoms with E-state index in [0.717, 1.165) is 12.0 Å². The van der Waals surface area contributed by atoms with E-state index < -0.39 is 6.04 Å². The van der Waals surface area contributed by atoms with Crippen LogP contribution in [0.2, 0.25) is 0 Å². The fourth-order valence-electron chi connectivity index (χ4n) is 3.13. The molecule has 1 aromatic carbocycles. The Bertz CT molecular complexity index is 591. The first kappa shape index (κ1) is 20.2. The first-order valence-electron chi connectivity index (χ1n) is 9.42. The smallest absolute Gasteiger partial charge is 0.410 e. The molecule has 26 heavy (non-hydrogen) atoms. The maximum absolute atomic E-state index is 12.4. The number of carbonyl (C=O) groups excluding carboxylic acids is 2. The van der Waals surface area contributed by atoms with Gasteiger partial charge in [0.2, 0.25) is 5.91 Å². The van der Waals surface area contributed by atoms with Crippen LogP contribution in [0.3, 0.4) is 0 Å². The van der Waals surface area contributed by atoms with Gasteiger partial charge in [-0.3, -0.25) is 4.79 Å². The molecule has 0 spiro atoms. The fourth-order valence-corrected chi connectivity index (χ4v) is 3.13. The molecule has 0 unspecified atom stereocenters. The Kier molecular flexibility index (Phi) is 7.45. The summed E-state index contributed by atoms with van der Waals surface area (Å²) in [5, 5.41) is 0. The van der Waals surface area contributed by atoms with E-state index >= 15 is 0 Å². The molecule has 2 amide bonds. The molecule has 0 aliphatic carbocycles. The molecule has 0 bridgehead atoms. The van der Waals surface area contributed by atoms with Crippen LogP contribution < -0.4 is 5.73 Å². The van der Waals surface area contributed by atoms with Crippen molar-refractivity contribution in [3.05, 3.63) is 35.9 Å². The van der Waals surface area contributed by atoms with Crippen LogP contribution in [0, 0.1) is 11.8 Å². The quantitative estimate of drug-likeness (QED) is 0.809. The lowest BCUT2D eigenvalue weighted by Crippen LogP contribution is -2.46. The molecule has 1 aliphatic heterocycles. The highest BCUT2D eigenvalue weighted by molar-refractivity contribution is 5.82. The number of nitrogens with two attached hydrogens (primary N) is 1. The zero-order chi connectivity index (χ0) is 19.1. The van der Waals surface area contributed by atoms with Crippen molar-refractivity contribution in [1.29, 1.82) is 0 Å². The lowest BCUT2D eigenvalue weighted by atomic mass is 10.0. The SMILES string of the molecule is CCN(C[C@H]1CCN(C(=O)[C@@H](N)C(C)C)C1)C(=O)OCc1ccccc1. The van der Waals surface area contributed by atoms with E-state index in [0.29, 0.717) is 26.2 Å². The molecule has 2 atom stereocenters. The molecule has 6 heteroatoms. The molecule has 144 valence electrons. The predicted molar refractivity (Wildman–Crippen MR) is 101 cm³/mol. The van der Waals surface area contributed by atoms with Crippen LogP contribution in [0.4, 0.5) is 4.79 Å². The first-order chi connectivity index (χ1) is 12.4. The Morgan fingerprint density at radius 3 is 2.62 bits per heavy atom. The minimum absolute atomic E-state index is 0.0113. The highest BCUT2D eigenvalue weighted by Crippen LogP contribution is 2.20. The van der Waals surface area contributed by atoms with Crippen molar-refractivity contribution in [2.24, 2.45) is 17.6 Å². The van der Waals surface area contributed by atoms with Gasteiger partial charge in [0.05, 0.1) is 6.04 Å². The minimum atomic E-state index is -0.452. The number of nitrogens with zero attached hydrogens (tertiary/aromatic N) is 2. The zero-order valence-corrected chi connectivity index (χ0v) is 16.1. The van der Waals surface area contributed by atoms with Gasteiger partial charge >= 0.3 is 6.09 Å². The summed E-state index contributed by atoms with van der Waals surface area (Å²) in [4.78, 5) is 28.3. The summed E-state index contributed by atoms with van der Waals surface area (Å²) in [6.07, 6.45) is 0.582. The number of rotatable bonds is 7. The van der Waals surface area contributed by atoms with Gasteiger partial charge in [0.15, 0.2) is 0 Å². The van der Waals surface area contributed by atoms with Gasteiger partial charge in [-0.1, -0.05) is 44.2 Å². The molecule has 2 rings (SSSR count). The summed E-state index contributed by atoms with van der Waals surface area (Å²) in [6, 6.07) is 9.19. The average Bonchev–Trinajstić information content (AvgIpc) is 3.12. The van der Waals surface area contributed by atoms with Gasteiger partial charge < -0.3 is 20.3 Å². The van der Waals surface area contributed by atoms with Crippen molar-refractivity contribution in [1.82, 2.24) is 9.80 Å². The number of hydrogen-bond acceptors (Lipinski definition) is 4. The molecule has 0 aromatic heterocycles. The van der Waals surface area contributed by atoms with Gasteiger partial charge in [-0.15, -0.1) is 0 Å². The largest absolute Gasteiger partial charge is 0.445 e. The lowest BCUT2D eigenvalue weighted by Gasteiger charge is -2.25. The molecule has 1 saturated heterocycles. The maximum atomic E-state index is 12.4. The molecule has 0 saturated carbocycles. The van der Waals surface area contributed by atoms with Crippen molar-refractivity contribution >= 4 is 12.0 Å². The minimum Gasteiger partial charge on any atom is -0.445 e. The second-order valence-electron chi connectivity index (χ2n) is 7.29. The van der Waals surface area contributed by atoms with Crippen LogP contribution in [0.25, 0.3) is 0 Å². The van der Waals surface area contributed by atoms with Crippen molar-refractivity contribution in [2.45, 2.75) is 39.8 Å². The number of carbonyl (C=O) groups is 2. The summed E-state index contributed by atoms with van der Waals surface area (Å²) >= 11 is 0. The number of ether oxygens (including phenoxy) is 1. The molecule has 1 heterocycles. The van der Waals surface area contributed by atoms with Gasteiger partial charge in [-0.25, -0.2) is 4.79 Å². The number of benzene rings is 1. The summed E-state index contributed by atoms with van der Waals surface area (Å²) in [5.74, 6) is 0.404. The number of likely N-dealkylation sites (tertiary alicyclic amines) is 1. The molecular formula is C20H31N3O3. The van der Waals surface area contributed by atoms with Gasteiger partial charge in [0, 0.05) is 26.2 Å². The molecule has 0 radical (unpaired) electrons. The Balaban J connectivity index is 1.82. The van der Waals surface area contributed by atoms with Crippen molar-refractivity contribution in [2.75, 3.05) is 26.2 Å². The normalized spacial score (nSPS) is 18.0. The molecule has 1 aliphatic rings. The number of amides is 2. The van der Waals surface area contributed by atoms with Gasteiger partial charge in [-0.05, 0) is 30.7 Å². The third kappa shape index (κ3) is 5.46. The van der Waals surface area contributed by atoms with E-state index in [-0.39, 0.29) is 30.4 Å². The zero-order valence-electron chi connectivity index (χ0n) is 16.1. The van der Waals surface area contributed by atoms with E-state index in [9.17, 15) is 9.59 Å². The van der Waals surface area contributed by atoms with E-state index in [1.54, 1.807) is 4.90 Å². The topological polar surface area (TPSA) is 75.9 Å². The van der Waals surface area contributed by atoms with E-state index in [4.69, 9.17) is 10.5 Å². The second kappa shape index (κ2) is 9.57. The Labute approximate surface area is 156 Å². The van der Waals surface area contributed by atoms with Crippen molar-refractivity contribution < 1.29 is 14.3 Å². The van der Waals surface area contributed by atoms with Crippen LogP contribution in [0.15, 0.2) is 30.3 Å². The second-order valence-corrected chi connectivity index (χ2v) is 7.29. The molecule has 2 N–H and O–H groups in total. The third-order valence-corrected chi connectivity index (χ3v) is 4.92. The lowest BCUT2D eigenvalue weighted by molar-refractivity contribution is -0.132. The summed E-state index contributed by atoms with van der Waals surface area (Å²) in [6.45, 7) is 8.68. The standard InChI is InChI=1S/C20H31N3O3/c1-4-22(20(25)26-14-16-8-6-5-7-9-16)12-17-10-11-23(13-17)19(24)18(21)15(2)3/h5-9,15,17-18H,4,10-14,21H2,1-3H3/t17-,18+/m1/s1. The van der Waals surface area contributed by atoms with Crippen LogP contribution in [0.1, 0.15) is 32.8 Å². The third-order valence-electron chi connectivity index (χ3n) is 4.92. The van der Waals surface area contributed by atoms with E-state index in [1.165, 1.54) is 0 Å². The predicted octanol–water partition coefficient (Wildman–Crippen LogP) is 2.48. The highest BCUT2D eigenvalue weighted by atomic mass is 16.6. The Morgan fingerprint density at radius 2 is 2.00 bits per heavy atom. The van der Waals surface area contributed by atoms with Crippen LogP contribution in [-0.4, -0.2) is 54.0 Å². The van der Waals surface area contributed by atoms with Crippen LogP contribution in [-0.2, 0) is 16.1 Å².